The van der Waals surface area contributed by atoms with Gasteiger partial charge in [-0.1, -0.05) is 13.3 Å². The summed E-state index contributed by atoms with van der Waals surface area (Å²) in [7, 11) is 3.23. The van der Waals surface area contributed by atoms with Crippen LogP contribution in [0.4, 0.5) is 0 Å². The molecule has 0 unspecified atom stereocenters. The summed E-state index contributed by atoms with van der Waals surface area (Å²) in [6.45, 7) is 3.17. The second-order valence-corrected chi connectivity index (χ2v) is 4.43. The van der Waals surface area contributed by atoms with Gasteiger partial charge >= 0.3 is 0 Å². The van der Waals surface area contributed by atoms with Gasteiger partial charge in [-0.2, -0.15) is 0 Å². The zero-order chi connectivity index (χ0) is 15.0. The van der Waals surface area contributed by atoms with E-state index in [1.54, 1.807) is 26.4 Å². The van der Waals surface area contributed by atoms with Crippen molar-refractivity contribution >= 4 is 5.91 Å². The summed E-state index contributed by atoms with van der Waals surface area (Å²) in [5.74, 6) is 0.787. The van der Waals surface area contributed by atoms with Crippen molar-refractivity contribution in [2.75, 3.05) is 27.4 Å². The zero-order valence-corrected chi connectivity index (χ0v) is 12.4. The fourth-order valence-corrected chi connectivity index (χ4v) is 2.03. The third kappa shape index (κ3) is 4.13. The van der Waals surface area contributed by atoms with Crippen LogP contribution in [0.2, 0.25) is 0 Å². The third-order valence-electron chi connectivity index (χ3n) is 2.95. The molecule has 1 aromatic rings. The maximum atomic E-state index is 11.5. The minimum Gasteiger partial charge on any atom is -0.493 e. The number of ether oxygens (including phenoxy) is 3. The molecule has 20 heavy (non-hydrogen) atoms. The topological polar surface area (TPSA) is 70.8 Å². The molecular formula is C15H23NO4. The minimum atomic E-state index is -0.446. The first-order valence-corrected chi connectivity index (χ1v) is 6.77. The first kappa shape index (κ1) is 16.3. The Labute approximate surface area is 120 Å². The molecule has 1 aromatic carbocycles. The predicted molar refractivity (Wildman–Crippen MR) is 77.5 cm³/mol. The smallest absolute Gasteiger partial charge is 0.249 e. The van der Waals surface area contributed by atoms with Gasteiger partial charge in [0.25, 0.3) is 0 Å². The number of hydrogen-bond donors (Lipinski definition) is 1. The van der Waals surface area contributed by atoms with E-state index in [1.807, 2.05) is 6.92 Å². The number of hydrogen-bond acceptors (Lipinski definition) is 4. The Morgan fingerprint density at radius 3 is 2.55 bits per heavy atom. The standard InChI is InChI=1S/C15H23NO4/c1-4-6-11-12(15(16)17)7-8-13(19-3)14(11)20-10-5-9-18-2/h7-8H,4-6,9-10H2,1-3H3,(H2,16,17). The zero-order valence-electron chi connectivity index (χ0n) is 12.4. The van der Waals surface area contributed by atoms with E-state index in [0.717, 1.165) is 24.8 Å². The fraction of sp³-hybridized carbons (Fsp3) is 0.533. The number of amides is 1. The van der Waals surface area contributed by atoms with Crippen LogP contribution < -0.4 is 15.2 Å². The van der Waals surface area contributed by atoms with E-state index in [4.69, 9.17) is 19.9 Å². The molecule has 0 bridgehead atoms. The van der Waals surface area contributed by atoms with E-state index in [1.165, 1.54) is 0 Å². The van der Waals surface area contributed by atoms with Crippen molar-refractivity contribution in [2.45, 2.75) is 26.2 Å². The molecular weight excluding hydrogens is 258 g/mol. The number of benzene rings is 1. The first-order chi connectivity index (χ1) is 9.65. The summed E-state index contributed by atoms with van der Waals surface area (Å²) in [4.78, 5) is 11.5. The molecule has 0 spiro atoms. The van der Waals surface area contributed by atoms with Gasteiger partial charge in [0.1, 0.15) is 0 Å². The lowest BCUT2D eigenvalue weighted by molar-refractivity contribution is 0.0998. The Bertz CT molecular complexity index is 446. The van der Waals surface area contributed by atoms with E-state index < -0.39 is 5.91 Å². The molecule has 0 aromatic heterocycles. The molecule has 0 atom stereocenters. The maximum Gasteiger partial charge on any atom is 0.249 e. The van der Waals surface area contributed by atoms with Crippen molar-refractivity contribution in [1.29, 1.82) is 0 Å². The molecule has 0 fully saturated rings. The molecule has 0 heterocycles. The van der Waals surface area contributed by atoms with E-state index in [0.29, 0.717) is 30.3 Å². The van der Waals surface area contributed by atoms with Crippen LogP contribution in [-0.2, 0) is 11.2 Å². The SMILES string of the molecule is CCCc1c(C(N)=O)ccc(OC)c1OCCCOC. The Balaban J connectivity index is 3.07. The van der Waals surface area contributed by atoms with Crippen LogP contribution in [-0.4, -0.2) is 33.3 Å². The van der Waals surface area contributed by atoms with E-state index in [-0.39, 0.29) is 0 Å². The first-order valence-electron chi connectivity index (χ1n) is 6.77. The fourth-order valence-electron chi connectivity index (χ4n) is 2.03. The Kier molecular flexibility index (Phi) is 6.87. The lowest BCUT2D eigenvalue weighted by Gasteiger charge is -2.17. The summed E-state index contributed by atoms with van der Waals surface area (Å²) in [6.07, 6.45) is 2.38. The highest BCUT2D eigenvalue weighted by atomic mass is 16.5. The average Bonchev–Trinajstić information content (AvgIpc) is 2.44. The highest BCUT2D eigenvalue weighted by Gasteiger charge is 2.17. The number of nitrogens with two attached hydrogens (primary N) is 1. The number of primary amides is 1. The van der Waals surface area contributed by atoms with Gasteiger partial charge in [0.2, 0.25) is 5.91 Å². The van der Waals surface area contributed by atoms with Crippen molar-refractivity contribution in [3.63, 3.8) is 0 Å². The predicted octanol–water partition coefficient (Wildman–Crippen LogP) is 2.16. The van der Waals surface area contributed by atoms with Crippen LogP contribution in [0.5, 0.6) is 11.5 Å². The summed E-state index contributed by atoms with van der Waals surface area (Å²) in [5.41, 5.74) is 6.74. The monoisotopic (exact) mass is 281 g/mol. The van der Waals surface area contributed by atoms with Gasteiger partial charge in [-0.15, -0.1) is 0 Å². The number of carbonyl (C=O) groups excluding carboxylic acids is 1. The molecule has 0 radical (unpaired) electrons. The molecule has 0 saturated heterocycles. The third-order valence-corrected chi connectivity index (χ3v) is 2.95. The minimum absolute atomic E-state index is 0.446. The van der Waals surface area contributed by atoms with Gasteiger partial charge in [0, 0.05) is 31.3 Å². The van der Waals surface area contributed by atoms with Crippen molar-refractivity contribution in [2.24, 2.45) is 5.73 Å². The number of rotatable bonds is 9. The molecule has 2 N–H and O–H groups in total. The second kappa shape index (κ2) is 8.43. The summed E-state index contributed by atoms with van der Waals surface area (Å²) in [6, 6.07) is 3.40. The quantitative estimate of drug-likeness (QED) is 0.704. The van der Waals surface area contributed by atoms with E-state index >= 15 is 0 Å². The largest absolute Gasteiger partial charge is 0.493 e. The number of methoxy groups -OCH3 is 2. The highest BCUT2D eigenvalue weighted by Crippen LogP contribution is 2.34. The molecule has 0 aliphatic carbocycles. The Morgan fingerprint density at radius 2 is 2.00 bits per heavy atom. The lowest BCUT2D eigenvalue weighted by Crippen LogP contribution is -2.15. The molecule has 112 valence electrons. The van der Waals surface area contributed by atoms with E-state index in [9.17, 15) is 4.79 Å². The molecule has 0 aliphatic rings. The summed E-state index contributed by atoms with van der Waals surface area (Å²) >= 11 is 0. The number of carbonyl (C=O) groups is 1. The van der Waals surface area contributed by atoms with Crippen LogP contribution in [0, 0.1) is 0 Å². The lowest BCUT2D eigenvalue weighted by atomic mass is 10.0. The highest BCUT2D eigenvalue weighted by molar-refractivity contribution is 5.95. The van der Waals surface area contributed by atoms with Crippen molar-refractivity contribution in [3.05, 3.63) is 23.3 Å². The summed E-state index contributed by atoms with van der Waals surface area (Å²) < 4.78 is 16.1. The molecule has 5 heteroatoms. The van der Waals surface area contributed by atoms with Gasteiger partial charge in [0.15, 0.2) is 11.5 Å². The molecule has 0 saturated carbocycles. The van der Waals surface area contributed by atoms with Crippen LogP contribution >= 0.6 is 0 Å². The van der Waals surface area contributed by atoms with Crippen LogP contribution in [0.25, 0.3) is 0 Å². The van der Waals surface area contributed by atoms with E-state index in [2.05, 4.69) is 0 Å². The maximum absolute atomic E-state index is 11.5. The Hall–Kier alpha value is -1.75. The average molecular weight is 281 g/mol. The van der Waals surface area contributed by atoms with Crippen molar-refractivity contribution in [1.82, 2.24) is 0 Å². The second-order valence-electron chi connectivity index (χ2n) is 4.43. The van der Waals surface area contributed by atoms with Crippen LogP contribution in [0.3, 0.4) is 0 Å². The van der Waals surface area contributed by atoms with Gasteiger partial charge in [0.05, 0.1) is 13.7 Å². The normalized spacial score (nSPS) is 10.3. The van der Waals surface area contributed by atoms with Gasteiger partial charge in [-0.05, 0) is 18.6 Å². The van der Waals surface area contributed by atoms with Gasteiger partial charge in [-0.3, -0.25) is 4.79 Å². The van der Waals surface area contributed by atoms with Crippen LogP contribution in [0.15, 0.2) is 12.1 Å². The molecule has 0 aliphatic heterocycles. The van der Waals surface area contributed by atoms with Gasteiger partial charge in [-0.25, -0.2) is 0 Å². The molecule has 5 nitrogen and oxygen atoms in total. The van der Waals surface area contributed by atoms with Gasteiger partial charge < -0.3 is 19.9 Å². The van der Waals surface area contributed by atoms with Crippen molar-refractivity contribution in [3.8, 4) is 11.5 Å². The molecule has 1 amide bonds. The Morgan fingerprint density at radius 1 is 1.25 bits per heavy atom. The molecule has 1 rings (SSSR count). The van der Waals surface area contributed by atoms with Crippen molar-refractivity contribution < 1.29 is 19.0 Å². The van der Waals surface area contributed by atoms with Crippen LogP contribution in [0.1, 0.15) is 35.7 Å². The summed E-state index contributed by atoms with van der Waals surface area (Å²) in [5, 5.41) is 0.